The Labute approximate surface area is 164 Å². The molecular weight excluding hydrogens is 330 g/mol. The lowest BCUT2D eigenvalue weighted by molar-refractivity contribution is 0.109. The fraction of sp³-hybridized carbons (Fsp3) is 0.458. The first-order chi connectivity index (χ1) is 13.3. The first kappa shape index (κ1) is 19.6. The maximum atomic E-state index is 8.80. The van der Waals surface area contributed by atoms with E-state index in [0.29, 0.717) is 18.5 Å². The third kappa shape index (κ3) is 5.42. The molecule has 0 amide bonds. The summed E-state index contributed by atoms with van der Waals surface area (Å²) in [6.45, 7) is 5.33. The SMILES string of the molecule is Cc1ccccc1CN[C@H]1CCCN(CCCCC#N)[C@H]1c1ccccc1. The molecule has 2 aromatic carbocycles. The Kier molecular flexibility index (Phi) is 7.45. The normalized spacial score (nSPS) is 20.3. The van der Waals surface area contributed by atoms with E-state index in [1.807, 2.05) is 0 Å². The molecule has 27 heavy (non-hydrogen) atoms. The highest BCUT2D eigenvalue weighted by Gasteiger charge is 2.31. The number of likely N-dealkylation sites (tertiary alicyclic amines) is 1. The van der Waals surface area contributed by atoms with Gasteiger partial charge in [0.05, 0.1) is 12.1 Å². The van der Waals surface area contributed by atoms with Gasteiger partial charge >= 0.3 is 0 Å². The molecule has 2 atom stereocenters. The zero-order valence-electron chi connectivity index (χ0n) is 16.4. The lowest BCUT2D eigenvalue weighted by Crippen LogP contribution is -2.48. The molecule has 0 bridgehead atoms. The second-order valence-corrected chi connectivity index (χ2v) is 7.56. The van der Waals surface area contributed by atoms with E-state index in [-0.39, 0.29) is 0 Å². The number of piperidine rings is 1. The molecule has 142 valence electrons. The Hall–Kier alpha value is -2.15. The van der Waals surface area contributed by atoms with Gasteiger partial charge in [0.25, 0.3) is 0 Å². The third-order valence-corrected chi connectivity index (χ3v) is 5.68. The van der Waals surface area contributed by atoms with Gasteiger partial charge in [0.2, 0.25) is 0 Å². The van der Waals surface area contributed by atoms with E-state index in [4.69, 9.17) is 5.26 Å². The Bertz CT molecular complexity index is 735. The number of nitrogens with one attached hydrogen (secondary N) is 1. The van der Waals surface area contributed by atoms with Gasteiger partial charge in [-0.05, 0) is 62.4 Å². The molecule has 0 aromatic heterocycles. The predicted octanol–water partition coefficient (Wildman–Crippen LogP) is 4.98. The fourth-order valence-electron chi connectivity index (χ4n) is 4.19. The third-order valence-electron chi connectivity index (χ3n) is 5.68. The molecular formula is C24H31N3. The molecule has 1 aliphatic rings. The molecule has 0 radical (unpaired) electrons. The summed E-state index contributed by atoms with van der Waals surface area (Å²) in [7, 11) is 0. The molecule has 0 saturated carbocycles. The second kappa shape index (κ2) is 10.3. The summed E-state index contributed by atoms with van der Waals surface area (Å²) in [6.07, 6.45) is 5.20. The zero-order valence-corrected chi connectivity index (χ0v) is 16.4. The molecule has 1 N–H and O–H groups in total. The maximum Gasteiger partial charge on any atom is 0.0621 e. The van der Waals surface area contributed by atoms with Crippen LogP contribution in [0.25, 0.3) is 0 Å². The van der Waals surface area contributed by atoms with Crippen LogP contribution in [0.5, 0.6) is 0 Å². The quantitative estimate of drug-likeness (QED) is 0.674. The molecule has 1 heterocycles. The summed E-state index contributed by atoms with van der Waals surface area (Å²) in [6, 6.07) is 22.7. The van der Waals surface area contributed by atoms with Crippen LogP contribution in [0.4, 0.5) is 0 Å². The van der Waals surface area contributed by atoms with Crippen LogP contribution in [-0.4, -0.2) is 24.0 Å². The topological polar surface area (TPSA) is 39.1 Å². The monoisotopic (exact) mass is 361 g/mol. The van der Waals surface area contributed by atoms with Gasteiger partial charge in [-0.2, -0.15) is 5.26 Å². The van der Waals surface area contributed by atoms with Gasteiger partial charge in [0.15, 0.2) is 0 Å². The number of hydrogen-bond acceptors (Lipinski definition) is 3. The Morgan fingerprint density at radius 3 is 2.63 bits per heavy atom. The predicted molar refractivity (Wildman–Crippen MR) is 111 cm³/mol. The van der Waals surface area contributed by atoms with Crippen LogP contribution < -0.4 is 5.32 Å². The van der Waals surface area contributed by atoms with Crippen LogP contribution in [0.15, 0.2) is 54.6 Å². The van der Waals surface area contributed by atoms with Crippen LogP contribution in [0.3, 0.4) is 0 Å². The van der Waals surface area contributed by atoms with Crippen LogP contribution in [0, 0.1) is 18.3 Å². The van der Waals surface area contributed by atoms with Crippen molar-refractivity contribution in [3.05, 3.63) is 71.3 Å². The van der Waals surface area contributed by atoms with Gasteiger partial charge in [-0.3, -0.25) is 4.90 Å². The van der Waals surface area contributed by atoms with Crippen molar-refractivity contribution in [3.8, 4) is 6.07 Å². The van der Waals surface area contributed by atoms with Crippen molar-refractivity contribution in [2.24, 2.45) is 0 Å². The number of benzene rings is 2. The van der Waals surface area contributed by atoms with Gasteiger partial charge in [0.1, 0.15) is 0 Å². The van der Waals surface area contributed by atoms with Gasteiger partial charge in [-0.15, -0.1) is 0 Å². The lowest BCUT2D eigenvalue weighted by atomic mass is 9.89. The average Bonchev–Trinajstić information content (AvgIpc) is 2.71. The zero-order chi connectivity index (χ0) is 18.9. The van der Waals surface area contributed by atoms with Gasteiger partial charge in [-0.1, -0.05) is 54.6 Å². The molecule has 3 rings (SSSR count). The summed E-state index contributed by atoms with van der Waals surface area (Å²) in [5, 5.41) is 12.7. The standard InChI is InChI=1S/C24H31N3/c1-20-11-6-7-14-22(20)19-26-23-15-10-18-27(17-9-3-8-16-25)24(23)21-12-4-2-5-13-21/h2,4-7,11-14,23-24,26H,3,8-10,15,17-19H2,1H3/t23-,24-/m0/s1. The van der Waals surface area contributed by atoms with Crippen LogP contribution in [0.2, 0.25) is 0 Å². The maximum absolute atomic E-state index is 8.80. The molecule has 0 unspecified atom stereocenters. The average molecular weight is 362 g/mol. The Morgan fingerprint density at radius 1 is 1.07 bits per heavy atom. The number of nitriles is 1. The van der Waals surface area contributed by atoms with E-state index in [1.54, 1.807) is 0 Å². The number of aryl methyl sites for hydroxylation is 1. The number of hydrogen-bond donors (Lipinski definition) is 1. The largest absolute Gasteiger partial charge is 0.308 e. The summed E-state index contributed by atoms with van der Waals surface area (Å²) in [5.41, 5.74) is 4.14. The summed E-state index contributed by atoms with van der Waals surface area (Å²) in [4.78, 5) is 2.63. The van der Waals surface area contributed by atoms with Gasteiger partial charge < -0.3 is 5.32 Å². The van der Waals surface area contributed by atoms with Crippen molar-refractivity contribution in [1.82, 2.24) is 10.2 Å². The van der Waals surface area contributed by atoms with E-state index in [1.165, 1.54) is 29.5 Å². The molecule has 1 fully saturated rings. The van der Waals surface area contributed by atoms with Crippen molar-refractivity contribution >= 4 is 0 Å². The van der Waals surface area contributed by atoms with Crippen LogP contribution in [0.1, 0.15) is 54.8 Å². The number of rotatable bonds is 8. The summed E-state index contributed by atoms with van der Waals surface area (Å²) >= 11 is 0. The minimum Gasteiger partial charge on any atom is -0.308 e. The number of unbranched alkanes of at least 4 members (excludes halogenated alkanes) is 2. The van der Waals surface area contributed by atoms with Crippen molar-refractivity contribution < 1.29 is 0 Å². The summed E-state index contributed by atoms with van der Waals surface area (Å²) in [5.74, 6) is 0. The van der Waals surface area contributed by atoms with Crippen LogP contribution in [-0.2, 0) is 6.54 Å². The molecule has 3 heteroatoms. The van der Waals surface area contributed by atoms with E-state index in [2.05, 4.69) is 77.8 Å². The van der Waals surface area contributed by atoms with Gasteiger partial charge in [-0.25, -0.2) is 0 Å². The number of nitrogens with zero attached hydrogens (tertiary/aromatic N) is 2. The van der Waals surface area contributed by atoms with Crippen molar-refractivity contribution in [3.63, 3.8) is 0 Å². The molecule has 1 saturated heterocycles. The molecule has 1 aliphatic heterocycles. The summed E-state index contributed by atoms with van der Waals surface area (Å²) < 4.78 is 0. The highest BCUT2D eigenvalue weighted by Crippen LogP contribution is 2.32. The highest BCUT2D eigenvalue weighted by molar-refractivity contribution is 5.26. The van der Waals surface area contributed by atoms with Gasteiger partial charge in [0, 0.05) is 19.0 Å². The minimum absolute atomic E-state index is 0.408. The first-order valence-corrected chi connectivity index (χ1v) is 10.2. The highest BCUT2D eigenvalue weighted by atomic mass is 15.2. The second-order valence-electron chi connectivity index (χ2n) is 7.56. The lowest BCUT2D eigenvalue weighted by Gasteiger charge is -2.42. The molecule has 2 aromatic rings. The molecule has 0 aliphatic carbocycles. The molecule has 3 nitrogen and oxygen atoms in total. The van der Waals surface area contributed by atoms with E-state index in [0.717, 1.165) is 32.5 Å². The smallest absolute Gasteiger partial charge is 0.0621 e. The van der Waals surface area contributed by atoms with E-state index >= 15 is 0 Å². The van der Waals surface area contributed by atoms with E-state index in [9.17, 15) is 0 Å². The van der Waals surface area contributed by atoms with Crippen molar-refractivity contribution in [2.45, 2.75) is 57.7 Å². The Morgan fingerprint density at radius 2 is 1.85 bits per heavy atom. The first-order valence-electron chi connectivity index (χ1n) is 10.2. The van der Waals surface area contributed by atoms with E-state index < -0.39 is 0 Å². The van der Waals surface area contributed by atoms with Crippen molar-refractivity contribution in [1.29, 1.82) is 5.26 Å². The Balaban J connectivity index is 1.72. The van der Waals surface area contributed by atoms with Crippen LogP contribution >= 0.6 is 0 Å². The molecule has 0 spiro atoms. The van der Waals surface area contributed by atoms with Crippen molar-refractivity contribution in [2.75, 3.05) is 13.1 Å². The minimum atomic E-state index is 0.408. The fourth-order valence-corrected chi connectivity index (χ4v) is 4.19.